The predicted molar refractivity (Wildman–Crippen MR) is 118 cm³/mol. The Morgan fingerprint density at radius 1 is 1.07 bits per heavy atom. The van der Waals surface area contributed by atoms with Gasteiger partial charge in [0.25, 0.3) is 0 Å². The second-order valence-electron chi connectivity index (χ2n) is 8.01. The zero-order valence-electron chi connectivity index (χ0n) is 17.0. The Bertz CT molecular complexity index is 883. The molecule has 2 aliphatic rings. The summed E-state index contributed by atoms with van der Waals surface area (Å²) in [4.78, 5) is 16.2. The van der Waals surface area contributed by atoms with E-state index in [-0.39, 0.29) is 5.91 Å². The number of benzene rings is 2. The van der Waals surface area contributed by atoms with Crippen LogP contribution in [0.15, 0.2) is 48.5 Å². The first kappa shape index (κ1) is 19.7. The molecule has 5 heteroatoms. The normalized spacial score (nSPS) is 18.6. The third-order valence-corrected chi connectivity index (χ3v) is 5.75. The summed E-state index contributed by atoms with van der Waals surface area (Å²) in [5.41, 5.74) is 5.69. The molecular weight excluding hydrogens is 362 g/mol. The maximum Gasteiger partial charge on any atom is 0.224 e. The molecule has 29 heavy (non-hydrogen) atoms. The lowest BCUT2D eigenvalue weighted by molar-refractivity contribution is -0.116. The van der Waals surface area contributed by atoms with Crippen LogP contribution in [-0.4, -0.2) is 54.7 Å². The van der Waals surface area contributed by atoms with Crippen LogP contribution in [0.3, 0.4) is 0 Å². The Morgan fingerprint density at radius 3 is 2.59 bits per heavy atom. The van der Waals surface area contributed by atoms with Gasteiger partial charge < -0.3 is 15.3 Å². The van der Waals surface area contributed by atoms with Crippen LogP contribution in [0.4, 0.5) is 11.4 Å². The van der Waals surface area contributed by atoms with Gasteiger partial charge in [-0.05, 0) is 48.7 Å². The monoisotopic (exact) mass is 391 g/mol. The van der Waals surface area contributed by atoms with Gasteiger partial charge in [0.1, 0.15) is 0 Å². The van der Waals surface area contributed by atoms with Crippen molar-refractivity contribution in [2.45, 2.75) is 25.9 Å². The molecule has 2 N–H and O–H groups in total. The number of β-amino-alcohol motifs (C(OH)–C–C–N with tert-alkyl or cyclic N) is 1. The van der Waals surface area contributed by atoms with Crippen LogP contribution in [0.2, 0.25) is 0 Å². The lowest BCUT2D eigenvalue weighted by Crippen LogP contribution is -2.48. The number of nitrogens with one attached hydrogen (secondary N) is 1. The SMILES string of the molecule is Cc1ccc(N2CCN(C[C@H](O)/C=C/c3ccc4c(c3)CCC(=O)N4)CC2)cc1. The number of anilines is 2. The molecule has 0 radical (unpaired) electrons. The number of carbonyl (C=O) groups excluding carboxylic acids is 1. The van der Waals surface area contributed by atoms with E-state index in [1.807, 2.05) is 24.3 Å². The predicted octanol–water partition coefficient (Wildman–Crippen LogP) is 3.08. The summed E-state index contributed by atoms with van der Waals surface area (Å²) in [6.07, 6.45) is 4.67. The molecule has 2 heterocycles. The van der Waals surface area contributed by atoms with E-state index in [9.17, 15) is 9.90 Å². The Kier molecular flexibility index (Phi) is 5.97. The molecule has 152 valence electrons. The molecule has 0 bridgehead atoms. The highest BCUT2D eigenvalue weighted by Gasteiger charge is 2.19. The van der Waals surface area contributed by atoms with E-state index in [2.05, 4.69) is 52.4 Å². The lowest BCUT2D eigenvalue weighted by atomic mass is 10.00. The van der Waals surface area contributed by atoms with Gasteiger partial charge in [-0.2, -0.15) is 0 Å². The highest BCUT2D eigenvalue weighted by atomic mass is 16.3. The molecule has 1 amide bonds. The molecular formula is C24H29N3O2. The van der Waals surface area contributed by atoms with Crippen LogP contribution in [0.25, 0.3) is 6.08 Å². The van der Waals surface area contributed by atoms with Crippen molar-refractivity contribution in [1.82, 2.24) is 4.90 Å². The largest absolute Gasteiger partial charge is 0.388 e. The van der Waals surface area contributed by atoms with Gasteiger partial charge in [0.15, 0.2) is 0 Å². The summed E-state index contributed by atoms with van der Waals surface area (Å²) in [7, 11) is 0. The summed E-state index contributed by atoms with van der Waals surface area (Å²) in [5.74, 6) is 0.0821. The summed E-state index contributed by atoms with van der Waals surface area (Å²) >= 11 is 0. The first-order valence-corrected chi connectivity index (χ1v) is 10.4. The number of aliphatic hydroxyl groups excluding tert-OH is 1. The molecule has 0 spiro atoms. The van der Waals surface area contributed by atoms with E-state index in [0.29, 0.717) is 13.0 Å². The molecule has 4 rings (SSSR count). The maximum atomic E-state index is 11.5. The van der Waals surface area contributed by atoms with E-state index in [4.69, 9.17) is 0 Å². The fraction of sp³-hybridized carbons (Fsp3) is 0.375. The van der Waals surface area contributed by atoms with E-state index in [0.717, 1.165) is 49.4 Å². The van der Waals surface area contributed by atoms with Crippen molar-refractivity contribution in [3.8, 4) is 0 Å². The zero-order chi connectivity index (χ0) is 20.2. The summed E-state index contributed by atoms with van der Waals surface area (Å²) in [6.45, 7) is 6.64. The van der Waals surface area contributed by atoms with E-state index < -0.39 is 6.10 Å². The number of aliphatic hydroxyl groups is 1. The second kappa shape index (κ2) is 8.80. The Hall–Kier alpha value is -2.63. The Balaban J connectivity index is 1.27. The minimum absolute atomic E-state index is 0.0821. The van der Waals surface area contributed by atoms with E-state index in [1.54, 1.807) is 0 Å². The van der Waals surface area contributed by atoms with Gasteiger partial charge in [-0.25, -0.2) is 0 Å². The average molecular weight is 392 g/mol. The third-order valence-electron chi connectivity index (χ3n) is 5.75. The lowest BCUT2D eigenvalue weighted by Gasteiger charge is -2.36. The molecule has 0 saturated carbocycles. The van der Waals surface area contributed by atoms with E-state index in [1.165, 1.54) is 11.3 Å². The molecule has 1 saturated heterocycles. The van der Waals surface area contributed by atoms with Gasteiger partial charge in [-0.15, -0.1) is 0 Å². The van der Waals surface area contributed by atoms with Crippen LogP contribution in [0.1, 0.15) is 23.1 Å². The fourth-order valence-corrected chi connectivity index (χ4v) is 4.00. The van der Waals surface area contributed by atoms with Crippen LogP contribution < -0.4 is 10.2 Å². The average Bonchev–Trinajstić information content (AvgIpc) is 2.73. The number of hydrogen-bond acceptors (Lipinski definition) is 4. The molecule has 2 aromatic rings. The number of carbonyl (C=O) groups is 1. The number of amides is 1. The summed E-state index contributed by atoms with van der Waals surface area (Å²) < 4.78 is 0. The quantitative estimate of drug-likeness (QED) is 0.823. The topological polar surface area (TPSA) is 55.8 Å². The molecule has 0 unspecified atom stereocenters. The van der Waals surface area contributed by atoms with Gasteiger partial charge in [-0.1, -0.05) is 35.9 Å². The first-order chi connectivity index (χ1) is 14.1. The Morgan fingerprint density at radius 2 is 1.83 bits per heavy atom. The molecule has 2 aromatic carbocycles. The Labute approximate surface area is 172 Å². The molecule has 1 fully saturated rings. The van der Waals surface area contributed by atoms with Gasteiger partial charge in [0.05, 0.1) is 6.10 Å². The van der Waals surface area contributed by atoms with Gasteiger partial charge in [-0.3, -0.25) is 9.69 Å². The number of rotatable bonds is 5. The van der Waals surface area contributed by atoms with Crippen molar-refractivity contribution >= 4 is 23.4 Å². The summed E-state index contributed by atoms with van der Waals surface area (Å²) in [5, 5.41) is 13.4. The number of aryl methyl sites for hydroxylation is 2. The van der Waals surface area contributed by atoms with E-state index >= 15 is 0 Å². The smallest absolute Gasteiger partial charge is 0.224 e. The standard InChI is InChI=1S/C24H29N3O2/c1-18-2-7-21(8-3-18)27-14-12-26(13-15-27)17-22(28)9-4-19-5-10-23-20(16-19)6-11-24(29)25-23/h2-5,7-10,16,22,28H,6,11-15,17H2,1H3,(H,25,29)/b9-4+/t22-/m1/s1. The van der Waals surface area contributed by atoms with Crippen molar-refractivity contribution in [2.24, 2.45) is 0 Å². The second-order valence-corrected chi connectivity index (χ2v) is 8.01. The summed E-state index contributed by atoms with van der Waals surface area (Å²) in [6, 6.07) is 14.7. The zero-order valence-corrected chi connectivity index (χ0v) is 17.0. The minimum atomic E-state index is -0.489. The van der Waals surface area contributed by atoms with Crippen LogP contribution in [0.5, 0.6) is 0 Å². The van der Waals surface area contributed by atoms with Gasteiger partial charge >= 0.3 is 0 Å². The fourth-order valence-electron chi connectivity index (χ4n) is 4.00. The van der Waals surface area contributed by atoms with Crippen molar-refractivity contribution in [1.29, 1.82) is 0 Å². The highest BCUT2D eigenvalue weighted by molar-refractivity contribution is 5.94. The molecule has 0 aliphatic carbocycles. The third kappa shape index (κ3) is 5.05. The molecule has 0 aromatic heterocycles. The molecule has 1 atom stereocenters. The van der Waals surface area contributed by atoms with Crippen molar-refractivity contribution in [3.63, 3.8) is 0 Å². The highest BCUT2D eigenvalue weighted by Crippen LogP contribution is 2.24. The minimum Gasteiger partial charge on any atom is -0.388 e. The van der Waals surface area contributed by atoms with Gasteiger partial charge in [0.2, 0.25) is 5.91 Å². The van der Waals surface area contributed by atoms with Crippen LogP contribution in [-0.2, 0) is 11.2 Å². The van der Waals surface area contributed by atoms with Crippen LogP contribution >= 0.6 is 0 Å². The molecule has 2 aliphatic heterocycles. The van der Waals surface area contributed by atoms with Crippen molar-refractivity contribution in [2.75, 3.05) is 42.9 Å². The number of piperazine rings is 1. The van der Waals surface area contributed by atoms with Crippen molar-refractivity contribution < 1.29 is 9.90 Å². The number of fused-ring (bicyclic) bond motifs is 1. The first-order valence-electron chi connectivity index (χ1n) is 10.4. The number of nitrogens with zero attached hydrogens (tertiary/aromatic N) is 2. The maximum absolute atomic E-state index is 11.5. The van der Waals surface area contributed by atoms with Crippen LogP contribution in [0, 0.1) is 6.92 Å². The number of hydrogen-bond donors (Lipinski definition) is 2. The molecule has 5 nitrogen and oxygen atoms in total. The van der Waals surface area contributed by atoms with Gasteiger partial charge in [0, 0.05) is 50.5 Å². The van der Waals surface area contributed by atoms with Crippen molar-refractivity contribution in [3.05, 3.63) is 65.2 Å².